The largest absolute Gasteiger partial charge is 0.365 e. The molecular formula is C21H28N4O3. The molecule has 2 heterocycles. The van der Waals surface area contributed by atoms with E-state index in [4.69, 9.17) is 0 Å². The molecule has 4 rings (SSSR count). The second-order valence-corrected chi connectivity index (χ2v) is 8.11. The van der Waals surface area contributed by atoms with Crippen LogP contribution in [0.5, 0.6) is 0 Å². The normalized spacial score (nSPS) is 25.1. The first-order chi connectivity index (χ1) is 13.6. The third-order valence-corrected chi connectivity index (χ3v) is 6.54. The van der Waals surface area contributed by atoms with E-state index in [1.54, 1.807) is 18.2 Å². The summed E-state index contributed by atoms with van der Waals surface area (Å²) in [7, 11) is 0. The fourth-order valence-corrected chi connectivity index (χ4v) is 5.15. The first kappa shape index (κ1) is 18.9. The minimum absolute atomic E-state index is 0.0142. The van der Waals surface area contributed by atoms with Crippen LogP contribution in [0.15, 0.2) is 30.9 Å². The third kappa shape index (κ3) is 3.51. The van der Waals surface area contributed by atoms with Crippen LogP contribution in [0.25, 0.3) is 0 Å². The molecule has 0 unspecified atom stereocenters. The molecular weight excluding hydrogens is 356 g/mol. The van der Waals surface area contributed by atoms with Crippen LogP contribution in [0.4, 0.5) is 11.4 Å². The molecule has 2 aliphatic heterocycles. The number of nitrogens with zero attached hydrogens (tertiary/aromatic N) is 3. The number of piperazine rings is 1. The van der Waals surface area contributed by atoms with E-state index in [9.17, 15) is 14.9 Å². The molecule has 1 aromatic carbocycles. The molecule has 1 saturated heterocycles. The quantitative estimate of drug-likeness (QED) is 0.479. The van der Waals surface area contributed by atoms with Crippen LogP contribution in [-0.2, 0) is 11.2 Å². The monoisotopic (exact) mass is 384 g/mol. The van der Waals surface area contributed by atoms with Crippen molar-refractivity contribution in [1.82, 2.24) is 10.2 Å². The van der Waals surface area contributed by atoms with Gasteiger partial charge in [-0.25, -0.2) is 0 Å². The number of nitro benzene ring substituents is 1. The van der Waals surface area contributed by atoms with Crippen LogP contribution in [0.2, 0.25) is 0 Å². The third-order valence-electron chi connectivity index (χ3n) is 6.54. The maximum Gasteiger partial charge on any atom is 0.269 e. The van der Waals surface area contributed by atoms with Gasteiger partial charge in [0.2, 0.25) is 5.91 Å². The van der Waals surface area contributed by atoms with Crippen LogP contribution in [0.1, 0.15) is 31.2 Å². The molecule has 1 amide bonds. The number of nitro groups is 1. The van der Waals surface area contributed by atoms with E-state index in [1.165, 1.54) is 25.7 Å². The van der Waals surface area contributed by atoms with Crippen LogP contribution in [0, 0.1) is 16.0 Å². The maximum absolute atomic E-state index is 12.9. The van der Waals surface area contributed by atoms with Gasteiger partial charge in [0.1, 0.15) is 0 Å². The van der Waals surface area contributed by atoms with Gasteiger partial charge in [-0.15, -0.1) is 6.58 Å². The van der Waals surface area contributed by atoms with Crippen LogP contribution < -0.4 is 10.2 Å². The summed E-state index contributed by atoms with van der Waals surface area (Å²) in [4.78, 5) is 28.7. The number of benzene rings is 1. The summed E-state index contributed by atoms with van der Waals surface area (Å²) in [6, 6.07) is 5.83. The predicted molar refractivity (Wildman–Crippen MR) is 108 cm³/mol. The fraction of sp³-hybridized carbons (Fsp3) is 0.571. The van der Waals surface area contributed by atoms with E-state index in [-0.39, 0.29) is 28.5 Å². The van der Waals surface area contributed by atoms with Gasteiger partial charge in [0.05, 0.1) is 16.9 Å². The molecule has 0 bridgehead atoms. The van der Waals surface area contributed by atoms with E-state index in [0.29, 0.717) is 19.0 Å². The van der Waals surface area contributed by atoms with Crippen molar-refractivity contribution in [3.63, 3.8) is 0 Å². The van der Waals surface area contributed by atoms with Gasteiger partial charge < -0.3 is 10.2 Å². The molecule has 1 aliphatic carbocycles. The smallest absolute Gasteiger partial charge is 0.269 e. The Morgan fingerprint density at radius 2 is 2.11 bits per heavy atom. The van der Waals surface area contributed by atoms with E-state index in [2.05, 4.69) is 21.7 Å². The highest BCUT2D eigenvalue weighted by Gasteiger charge is 2.43. The summed E-state index contributed by atoms with van der Waals surface area (Å²) in [6.07, 6.45) is 7.32. The Morgan fingerprint density at radius 3 is 2.82 bits per heavy atom. The molecule has 2 fully saturated rings. The molecule has 150 valence electrons. The van der Waals surface area contributed by atoms with Crippen LogP contribution in [0.3, 0.4) is 0 Å². The molecule has 3 aliphatic rings. The van der Waals surface area contributed by atoms with Crippen molar-refractivity contribution >= 4 is 17.3 Å². The highest BCUT2D eigenvalue weighted by molar-refractivity contribution is 5.82. The summed E-state index contributed by atoms with van der Waals surface area (Å²) in [5.41, 5.74) is 2.04. The summed E-state index contributed by atoms with van der Waals surface area (Å²) < 4.78 is 0. The number of rotatable bonds is 5. The number of carbonyl (C=O) groups is 1. The van der Waals surface area contributed by atoms with E-state index in [1.807, 2.05) is 6.07 Å². The molecule has 7 nitrogen and oxygen atoms in total. The zero-order chi connectivity index (χ0) is 19.7. The predicted octanol–water partition coefficient (Wildman–Crippen LogP) is 2.50. The van der Waals surface area contributed by atoms with Gasteiger partial charge in [0.15, 0.2) is 0 Å². The zero-order valence-corrected chi connectivity index (χ0v) is 16.2. The maximum atomic E-state index is 12.9. The van der Waals surface area contributed by atoms with E-state index in [0.717, 1.165) is 30.9 Å². The Morgan fingerprint density at radius 1 is 1.32 bits per heavy atom. The number of hydrogen-bond acceptors (Lipinski definition) is 5. The highest BCUT2D eigenvalue weighted by Crippen LogP contribution is 2.39. The lowest BCUT2D eigenvalue weighted by atomic mass is 9.83. The number of amides is 1. The summed E-state index contributed by atoms with van der Waals surface area (Å²) >= 11 is 0. The Balaban J connectivity index is 1.63. The van der Waals surface area contributed by atoms with Crippen LogP contribution in [-0.4, -0.2) is 54.0 Å². The SMILES string of the molecule is C=CCNC(=O)[C@@H]1Cc2cc([N+](=O)[O-])ccc2N2CCN(C3CCCC3)C[C@H]12. The molecule has 7 heteroatoms. The molecule has 2 atom stereocenters. The summed E-state index contributed by atoms with van der Waals surface area (Å²) in [6.45, 7) is 6.85. The van der Waals surface area contributed by atoms with Crippen molar-refractivity contribution in [1.29, 1.82) is 0 Å². The average Bonchev–Trinajstić information content (AvgIpc) is 3.25. The Kier molecular flexibility index (Phi) is 5.35. The zero-order valence-electron chi connectivity index (χ0n) is 16.2. The number of fused-ring (bicyclic) bond motifs is 3. The lowest BCUT2D eigenvalue weighted by Gasteiger charge is -2.50. The molecule has 1 aromatic rings. The Labute approximate surface area is 165 Å². The molecule has 0 aromatic heterocycles. The molecule has 1 N–H and O–H groups in total. The van der Waals surface area contributed by atoms with Gasteiger partial charge in [-0.05, 0) is 30.9 Å². The summed E-state index contributed by atoms with van der Waals surface area (Å²) in [5.74, 6) is -0.195. The van der Waals surface area contributed by atoms with Crippen molar-refractivity contribution in [3.8, 4) is 0 Å². The molecule has 28 heavy (non-hydrogen) atoms. The lowest BCUT2D eigenvalue weighted by molar-refractivity contribution is -0.384. The lowest BCUT2D eigenvalue weighted by Crippen LogP contribution is -2.62. The van der Waals surface area contributed by atoms with Crippen molar-refractivity contribution in [2.75, 3.05) is 31.1 Å². The number of hydrogen-bond donors (Lipinski definition) is 1. The minimum atomic E-state index is -0.364. The highest BCUT2D eigenvalue weighted by atomic mass is 16.6. The first-order valence-electron chi connectivity index (χ1n) is 10.2. The fourth-order valence-electron chi connectivity index (χ4n) is 5.15. The minimum Gasteiger partial charge on any atom is -0.365 e. The molecule has 0 radical (unpaired) electrons. The summed E-state index contributed by atoms with van der Waals surface area (Å²) in [5, 5.41) is 14.2. The van der Waals surface area contributed by atoms with Gasteiger partial charge in [-0.2, -0.15) is 0 Å². The van der Waals surface area contributed by atoms with Crippen LogP contribution >= 0.6 is 0 Å². The van der Waals surface area contributed by atoms with Gasteiger partial charge in [0, 0.05) is 50.0 Å². The van der Waals surface area contributed by atoms with E-state index >= 15 is 0 Å². The van der Waals surface area contributed by atoms with E-state index < -0.39 is 0 Å². The topological polar surface area (TPSA) is 78.7 Å². The second kappa shape index (κ2) is 7.91. The number of carbonyl (C=O) groups excluding carboxylic acids is 1. The number of anilines is 1. The van der Waals surface area contributed by atoms with Gasteiger partial charge in [0.25, 0.3) is 5.69 Å². The van der Waals surface area contributed by atoms with Crippen molar-refractivity contribution in [3.05, 3.63) is 46.5 Å². The van der Waals surface area contributed by atoms with Crippen molar-refractivity contribution in [2.45, 2.75) is 44.2 Å². The standard InChI is InChI=1S/C21H28N4O3/c1-2-9-22-21(26)18-13-15-12-17(25(27)28)7-8-19(15)24-11-10-23(14-20(18)24)16-5-3-4-6-16/h2,7-8,12,16,18,20H,1,3-6,9-11,13-14H2,(H,22,26)/t18-,20-/m1/s1. The van der Waals surface area contributed by atoms with Gasteiger partial charge in [-0.1, -0.05) is 18.9 Å². The second-order valence-electron chi connectivity index (χ2n) is 8.11. The van der Waals surface area contributed by atoms with Crippen molar-refractivity contribution in [2.24, 2.45) is 5.92 Å². The number of nitrogens with one attached hydrogen (secondary N) is 1. The van der Waals surface area contributed by atoms with Gasteiger partial charge in [-0.3, -0.25) is 19.8 Å². The average molecular weight is 384 g/mol. The van der Waals surface area contributed by atoms with Gasteiger partial charge >= 0.3 is 0 Å². The Hall–Kier alpha value is -2.41. The molecule has 1 saturated carbocycles. The number of non-ortho nitro benzene ring substituents is 1. The molecule has 0 spiro atoms. The van der Waals surface area contributed by atoms with Crippen molar-refractivity contribution < 1.29 is 9.72 Å². The Bertz CT molecular complexity index is 775. The first-order valence-corrected chi connectivity index (χ1v) is 10.2.